The molecule has 71 heavy (non-hydrogen) atoms. The second-order valence-corrected chi connectivity index (χ2v) is 24.6. The number of carbonyl (C=O) groups excluding carboxylic acids is 3. The number of hydrazine groups is 1. The lowest BCUT2D eigenvalue weighted by molar-refractivity contribution is -0.172. The quantitative estimate of drug-likeness (QED) is 0.178. The second kappa shape index (κ2) is 18.3. The van der Waals surface area contributed by atoms with Crippen LogP contribution >= 0.6 is 11.3 Å². The summed E-state index contributed by atoms with van der Waals surface area (Å²) in [5.41, 5.74) is 10.2. The average Bonchev–Trinajstić information content (AvgIpc) is 4.18. The van der Waals surface area contributed by atoms with Gasteiger partial charge in [-0.15, -0.1) is 11.3 Å². The number of methoxy groups -OCH3 is 1. The van der Waals surface area contributed by atoms with Crippen LogP contribution in [0.15, 0.2) is 41.9 Å². The van der Waals surface area contributed by atoms with Gasteiger partial charge in [0.25, 0.3) is 5.91 Å². The number of carbonyl (C=O) groups is 3. The number of likely N-dealkylation sites (tertiary alicyclic amines) is 4. The van der Waals surface area contributed by atoms with Crippen LogP contribution in [0.2, 0.25) is 0 Å². The number of rotatable bonds is 9. The van der Waals surface area contributed by atoms with Crippen molar-refractivity contribution in [3.05, 3.63) is 58.2 Å². The van der Waals surface area contributed by atoms with Crippen molar-refractivity contribution in [1.29, 1.82) is 0 Å². The summed E-state index contributed by atoms with van der Waals surface area (Å²) >= 11 is 1.58. The minimum atomic E-state index is -0.928. The highest BCUT2D eigenvalue weighted by atomic mass is 32.1. The number of hydrogen-bond acceptors (Lipinski definition) is 13. The molecule has 2 aliphatic carbocycles. The summed E-state index contributed by atoms with van der Waals surface area (Å²) in [5, 5.41) is 9.09. The second-order valence-electron chi connectivity index (χ2n) is 23.7. The number of pyridine rings is 1. The number of piperidine rings is 1. The molecule has 0 radical (unpaired) electrons. The maximum Gasteiger partial charge on any atom is 0.324 e. The summed E-state index contributed by atoms with van der Waals surface area (Å²) < 4.78 is 14.9. The number of thiazole rings is 1. The molecule has 2 amide bonds. The van der Waals surface area contributed by atoms with Gasteiger partial charge in [-0.25, -0.2) is 10.4 Å². The first-order valence-corrected chi connectivity index (χ1v) is 27.7. The van der Waals surface area contributed by atoms with E-state index >= 15 is 4.79 Å². The van der Waals surface area contributed by atoms with Gasteiger partial charge in [0.05, 0.1) is 41.9 Å². The van der Waals surface area contributed by atoms with Crippen molar-refractivity contribution in [2.24, 2.45) is 23.2 Å². The standard InChI is InChI=1S/C55H74N10O5S/c1-32-33(2)45(32)50(66)58-47-49(62-29-55(30-62)18-23-63(55)37-16-21-60(6)22-17-37)51-57-43(28-71-51)35-12-15-44-40(24-35)41(25-54(4,5)31-70-53(68)42-11-9-20-64(59-42)52(47)67)48(39-10-8-19-56-46(39)34(3)69-7)65(44)38-26-61(27-38)36-13-14-36/h8,10,12,15,19,24,28,32-34,36-38,42,45,47,49,59H,9,11,13-14,16-18,20-23,25-27,29-31H2,1-7H3,(H,58,66)/t32-,33+,34-,42-,45?,47-,49-/m0/s1. The lowest BCUT2D eigenvalue weighted by Gasteiger charge is -2.67. The molecule has 1 spiro atoms. The predicted molar refractivity (Wildman–Crippen MR) is 274 cm³/mol. The van der Waals surface area contributed by atoms with Gasteiger partial charge < -0.3 is 24.3 Å². The zero-order valence-electron chi connectivity index (χ0n) is 42.9. The fourth-order valence-corrected chi connectivity index (χ4v) is 14.4. The Kier molecular flexibility index (Phi) is 12.3. The maximum atomic E-state index is 15.4. The monoisotopic (exact) mass is 987 g/mol. The smallest absolute Gasteiger partial charge is 0.324 e. The summed E-state index contributed by atoms with van der Waals surface area (Å²) in [6.45, 7) is 18.2. The van der Waals surface area contributed by atoms with Crippen LogP contribution in [-0.4, -0.2) is 160 Å². The van der Waals surface area contributed by atoms with E-state index in [0.29, 0.717) is 37.9 Å². The van der Waals surface area contributed by atoms with Crippen molar-refractivity contribution in [2.45, 2.75) is 134 Å². The fourth-order valence-electron chi connectivity index (χ4n) is 13.4. The summed E-state index contributed by atoms with van der Waals surface area (Å²) in [6.07, 6.45) is 9.42. The molecule has 7 fully saturated rings. The van der Waals surface area contributed by atoms with Crippen LogP contribution in [0.1, 0.15) is 114 Å². The van der Waals surface area contributed by atoms with Gasteiger partial charge in [-0.2, -0.15) is 0 Å². The Bertz CT molecular complexity index is 2690. The van der Waals surface area contributed by atoms with Crippen molar-refractivity contribution >= 4 is 40.0 Å². The Hall–Kier alpha value is -4.29. The lowest BCUT2D eigenvalue weighted by atomic mass is 9.74. The minimum absolute atomic E-state index is 0.0490. The van der Waals surface area contributed by atoms with Crippen molar-refractivity contribution < 1.29 is 23.9 Å². The molecule has 7 atom stereocenters. The van der Waals surface area contributed by atoms with E-state index in [0.717, 1.165) is 90.8 Å². The van der Waals surface area contributed by atoms with E-state index in [2.05, 4.69) is 106 Å². The molecule has 15 nitrogen and oxygen atoms in total. The molecule has 5 saturated heterocycles. The number of ether oxygens (including phenoxy) is 2. The third-order valence-electron chi connectivity index (χ3n) is 18.3. The average molecular weight is 987 g/mol. The topological polar surface area (TPSA) is 141 Å². The Balaban J connectivity index is 0.991. The first-order valence-electron chi connectivity index (χ1n) is 26.8. The molecule has 16 heteroatoms. The van der Waals surface area contributed by atoms with Gasteiger partial charge in [0, 0.05) is 109 Å². The van der Waals surface area contributed by atoms with Gasteiger partial charge in [0.15, 0.2) is 0 Å². The summed E-state index contributed by atoms with van der Waals surface area (Å²) in [6, 6.07) is 10.4. The molecule has 6 bridgehead atoms. The van der Waals surface area contributed by atoms with Crippen molar-refractivity contribution in [2.75, 3.05) is 73.1 Å². The number of cyclic esters (lactones) is 1. The van der Waals surface area contributed by atoms with Gasteiger partial charge in [-0.1, -0.05) is 33.8 Å². The number of esters is 1. The van der Waals surface area contributed by atoms with Crippen LogP contribution in [0.4, 0.5) is 0 Å². The van der Waals surface area contributed by atoms with Gasteiger partial charge in [-0.05, 0) is 120 Å². The highest BCUT2D eigenvalue weighted by Gasteiger charge is 2.59. The van der Waals surface area contributed by atoms with E-state index in [4.69, 9.17) is 19.4 Å². The summed E-state index contributed by atoms with van der Waals surface area (Å²) in [7, 11) is 3.96. The normalized spacial score (nSPS) is 30.3. The first-order chi connectivity index (χ1) is 34.2. The SMILES string of the molecule is CO[C@@H](C)c1ncccc1-c1c2c3cc(ccc3n1C1CN(C3CC3)C1)-c1csc(n1)[C@@H](N1CC3(CCN3C3CCN(C)CC3)C1)[C@H](NC(=O)C1[C@@H](C)[C@H]1C)C(=O)N1CCC[C@H](N1)C(=O)OCC(C)(C)C2. The number of hydrogen-bond donors (Lipinski definition) is 2. The zero-order chi connectivity index (χ0) is 49.1. The van der Waals surface area contributed by atoms with Crippen LogP contribution < -0.4 is 10.7 Å². The van der Waals surface area contributed by atoms with Crippen molar-refractivity contribution in [3.63, 3.8) is 0 Å². The minimum Gasteiger partial charge on any atom is -0.464 e. The molecule has 1 unspecified atom stereocenters. The van der Waals surface area contributed by atoms with E-state index in [9.17, 15) is 9.59 Å². The zero-order valence-corrected chi connectivity index (χ0v) is 43.7. The largest absolute Gasteiger partial charge is 0.464 e. The highest BCUT2D eigenvalue weighted by molar-refractivity contribution is 7.10. The number of fused-ring (bicyclic) bond motifs is 6. The van der Waals surface area contributed by atoms with E-state index in [1.54, 1.807) is 23.5 Å². The number of nitrogens with one attached hydrogen (secondary N) is 2. The lowest BCUT2D eigenvalue weighted by Crippen LogP contribution is -2.80. The molecule has 6 aliphatic heterocycles. The number of benzene rings is 1. The molecule has 2 saturated carbocycles. The Morgan fingerprint density at radius 2 is 1.75 bits per heavy atom. The van der Waals surface area contributed by atoms with Crippen LogP contribution in [-0.2, 0) is 30.3 Å². The summed E-state index contributed by atoms with van der Waals surface area (Å²) in [4.78, 5) is 64.8. The molecule has 1 aromatic carbocycles. The molecule has 3 aromatic heterocycles. The molecule has 12 rings (SSSR count). The Labute approximate surface area is 422 Å². The number of aromatic nitrogens is 3. The highest BCUT2D eigenvalue weighted by Crippen LogP contribution is 2.50. The van der Waals surface area contributed by atoms with E-state index in [-0.39, 0.29) is 59.8 Å². The summed E-state index contributed by atoms with van der Waals surface area (Å²) in [5.74, 6) is -0.382. The molecular weight excluding hydrogens is 913 g/mol. The number of nitrogens with zero attached hydrogens (tertiary/aromatic N) is 8. The maximum absolute atomic E-state index is 15.4. The van der Waals surface area contributed by atoms with Gasteiger partial charge in [0.2, 0.25) is 5.91 Å². The van der Waals surface area contributed by atoms with Gasteiger partial charge in [0.1, 0.15) is 17.1 Å². The van der Waals surface area contributed by atoms with Gasteiger partial charge >= 0.3 is 5.97 Å². The molecule has 380 valence electrons. The van der Waals surface area contributed by atoms with Crippen LogP contribution in [0.25, 0.3) is 33.4 Å². The molecule has 9 heterocycles. The Morgan fingerprint density at radius 3 is 2.45 bits per heavy atom. The first kappa shape index (κ1) is 47.7. The van der Waals surface area contributed by atoms with Crippen molar-refractivity contribution in [3.8, 4) is 22.5 Å². The predicted octanol–water partition coefficient (Wildman–Crippen LogP) is 6.46. The third-order valence-corrected chi connectivity index (χ3v) is 19.2. The van der Waals surface area contributed by atoms with Crippen LogP contribution in [0, 0.1) is 23.2 Å². The third kappa shape index (κ3) is 8.54. The Morgan fingerprint density at radius 1 is 0.972 bits per heavy atom. The van der Waals surface area contributed by atoms with Gasteiger partial charge in [-0.3, -0.25) is 39.1 Å². The molecule has 2 N–H and O–H groups in total. The molecule has 8 aliphatic rings. The van der Waals surface area contributed by atoms with Crippen LogP contribution in [0.5, 0.6) is 0 Å². The van der Waals surface area contributed by atoms with Crippen LogP contribution in [0.3, 0.4) is 0 Å². The number of amides is 2. The van der Waals surface area contributed by atoms with E-state index in [1.807, 2.05) is 12.3 Å². The van der Waals surface area contributed by atoms with E-state index in [1.165, 1.54) is 36.8 Å². The molecular formula is C55H74N10O5S. The molecule has 4 aromatic rings. The van der Waals surface area contributed by atoms with Crippen molar-refractivity contribution in [1.82, 2.24) is 49.9 Å². The fraction of sp³-hybridized carbons (Fsp3) is 0.655. The van der Waals surface area contributed by atoms with E-state index < -0.39 is 23.5 Å².